The maximum Gasteiger partial charge on any atom is 0.182 e. The molecule has 2 N–H and O–H groups in total. The average molecular weight is 179 g/mol. The third kappa shape index (κ3) is 2.06. The van der Waals surface area contributed by atoms with Crippen molar-refractivity contribution in [3.05, 3.63) is 0 Å². The van der Waals surface area contributed by atoms with E-state index in [1.807, 2.05) is 9.82 Å². The number of rotatable bonds is 0. The van der Waals surface area contributed by atoms with Crippen LogP contribution < -0.4 is 5.84 Å². The van der Waals surface area contributed by atoms with Crippen molar-refractivity contribution in [2.75, 3.05) is 26.2 Å². The lowest BCUT2D eigenvalue weighted by molar-refractivity contribution is 0.0532. The standard InChI is InChI=1S/C9H18BN3/c10-12-5-1-2-9(8-12)3-6-13(11)7-4-9/h1-8,11H2. The maximum absolute atomic E-state index is 5.86. The highest BCUT2D eigenvalue weighted by molar-refractivity contribution is 6.04. The van der Waals surface area contributed by atoms with E-state index in [9.17, 15) is 0 Å². The van der Waals surface area contributed by atoms with Gasteiger partial charge in [-0.05, 0) is 44.2 Å². The summed E-state index contributed by atoms with van der Waals surface area (Å²) in [4.78, 5) is 1.98. The van der Waals surface area contributed by atoms with Gasteiger partial charge < -0.3 is 4.81 Å². The molecule has 2 rings (SSSR count). The number of nitrogens with two attached hydrogens (primary N) is 1. The van der Waals surface area contributed by atoms with Gasteiger partial charge in [0.15, 0.2) is 7.98 Å². The molecule has 72 valence electrons. The molecule has 0 aromatic heterocycles. The van der Waals surface area contributed by atoms with Crippen LogP contribution in [0, 0.1) is 5.41 Å². The van der Waals surface area contributed by atoms with Gasteiger partial charge in [0.1, 0.15) is 0 Å². The van der Waals surface area contributed by atoms with Crippen LogP contribution in [-0.4, -0.2) is 44.0 Å². The van der Waals surface area contributed by atoms with Crippen molar-refractivity contribution in [2.24, 2.45) is 11.3 Å². The first-order valence-electron chi connectivity index (χ1n) is 5.20. The Morgan fingerprint density at radius 3 is 2.38 bits per heavy atom. The van der Waals surface area contributed by atoms with E-state index in [1.165, 1.54) is 25.7 Å². The predicted octanol–water partition coefficient (Wildman–Crippen LogP) is 0.122. The Morgan fingerprint density at radius 2 is 1.77 bits per heavy atom. The molecular weight excluding hydrogens is 161 g/mol. The van der Waals surface area contributed by atoms with Gasteiger partial charge in [-0.25, -0.2) is 5.01 Å². The topological polar surface area (TPSA) is 32.5 Å². The lowest BCUT2D eigenvalue weighted by Crippen LogP contribution is -2.50. The summed E-state index contributed by atoms with van der Waals surface area (Å²) in [5.74, 6) is 5.75. The summed E-state index contributed by atoms with van der Waals surface area (Å²) in [7, 11) is 5.86. The van der Waals surface area contributed by atoms with E-state index in [4.69, 9.17) is 13.8 Å². The van der Waals surface area contributed by atoms with Crippen LogP contribution in [0.1, 0.15) is 25.7 Å². The number of piperidine rings is 2. The highest BCUT2D eigenvalue weighted by Crippen LogP contribution is 2.38. The van der Waals surface area contributed by atoms with E-state index in [2.05, 4.69) is 0 Å². The molecule has 0 unspecified atom stereocenters. The van der Waals surface area contributed by atoms with Gasteiger partial charge in [0, 0.05) is 13.1 Å². The lowest BCUT2D eigenvalue weighted by Gasteiger charge is -2.46. The summed E-state index contributed by atoms with van der Waals surface area (Å²) < 4.78 is 0. The van der Waals surface area contributed by atoms with Crippen molar-refractivity contribution in [3.8, 4) is 0 Å². The number of hydrogen-bond donors (Lipinski definition) is 1. The molecule has 3 nitrogen and oxygen atoms in total. The molecule has 2 aliphatic rings. The van der Waals surface area contributed by atoms with Crippen molar-refractivity contribution in [1.29, 1.82) is 0 Å². The quantitative estimate of drug-likeness (QED) is 0.423. The van der Waals surface area contributed by atoms with Crippen LogP contribution in [0.4, 0.5) is 0 Å². The second-order valence-electron chi connectivity index (χ2n) is 4.61. The number of hydrogen-bond acceptors (Lipinski definition) is 3. The molecule has 0 aromatic rings. The highest BCUT2D eigenvalue weighted by atomic mass is 15.4. The molecule has 0 atom stereocenters. The fraction of sp³-hybridized carbons (Fsp3) is 1.00. The molecule has 0 saturated carbocycles. The van der Waals surface area contributed by atoms with Gasteiger partial charge in [0.05, 0.1) is 0 Å². The molecular formula is C9H18BN3. The summed E-state index contributed by atoms with van der Waals surface area (Å²) in [5, 5.41) is 1.93. The van der Waals surface area contributed by atoms with Crippen molar-refractivity contribution < 1.29 is 0 Å². The van der Waals surface area contributed by atoms with Crippen LogP contribution in [0.25, 0.3) is 0 Å². The predicted molar refractivity (Wildman–Crippen MR) is 54.0 cm³/mol. The Balaban J connectivity index is 1.95. The third-order valence-corrected chi connectivity index (χ3v) is 3.55. The first-order chi connectivity index (χ1) is 6.20. The van der Waals surface area contributed by atoms with E-state index < -0.39 is 0 Å². The monoisotopic (exact) mass is 179 g/mol. The van der Waals surface area contributed by atoms with E-state index in [0.717, 1.165) is 26.2 Å². The van der Waals surface area contributed by atoms with Crippen LogP contribution in [0.5, 0.6) is 0 Å². The Labute approximate surface area is 81.7 Å². The summed E-state index contributed by atoms with van der Waals surface area (Å²) >= 11 is 0. The van der Waals surface area contributed by atoms with Crippen molar-refractivity contribution in [2.45, 2.75) is 25.7 Å². The summed E-state index contributed by atoms with van der Waals surface area (Å²) in [6, 6.07) is 0. The zero-order chi connectivity index (χ0) is 9.31. The van der Waals surface area contributed by atoms with Gasteiger partial charge in [-0.2, -0.15) is 0 Å². The minimum absolute atomic E-state index is 0.489. The van der Waals surface area contributed by atoms with Gasteiger partial charge in [0.25, 0.3) is 0 Å². The smallest absolute Gasteiger partial charge is 0.182 e. The molecule has 0 amide bonds. The first-order valence-corrected chi connectivity index (χ1v) is 5.20. The van der Waals surface area contributed by atoms with Crippen LogP contribution in [0.2, 0.25) is 0 Å². The zero-order valence-corrected chi connectivity index (χ0v) is 8.21. The molecule has 2 fully saturated rings. The zero-order valence-electron chi connectivity index (χ0n) is 8.21. The fourth-order valence-corrected chi connectivity index (χ4v) is 2.65. The van der Waals surface area contributed by atoms with Crippen LogP contribution >= 0.6 is 0 Å². The van der Waals surface area contributed by atoms with Gasteiger partial charge in [0.2, 0.25) is 0 Å². The average Bonchev–Trinajstić information content (AvgIpc) is 2.11. The lowest BCUT2D eigenvalue weighted by atomic mass is 9.72. The molecule has 13 heavy (non-hydrogen) atoms. The largest absolute Gasteiger partial charge is 0.353 e. The van der Waals surface area contributed by atoms with Crippen molar-refractivity contribution >= 4 is 7.98 Å². The molecule has 2 heterocycles. The molecule has 4 heteroatoms. The molecule has 2 saturated heterocycles. The minimum atomic E-state index is 0.489. The van der Waals surface area contributed by atoms with E-state index in [-0.39, 0.29) is 0 Å². The first kappa shape index (κ1) is 9.50. The summed E-state index contributed by atoms with van der Waals surface area (Å²) in [6.45, 7) is 4.20. The third-order valence-electron chi connectivity index (χ3n) is 3.55. The normalized spacial score (nSPS) is 30.8. The summed E-state index contributed by atoms with van der Waals surface area (Å²) in [6.07, 6.45) is 5.03. The molecule has 0 aromatic carbocycles. The van der Waals surface area contributed by atoms with Crippen molar-refractivity contribution in [1.82, 2.24) is 9.82 Å². The van der Waals surface area contributed by atoms with Crippen LogP contribution in [-0.2, 0) is 0 Å². The molecule has 1 spiro atoms. The fourth-order valence-electron chi connectivity index (χ4n) is 2.65. The van der Waals surface area contributed by atoms with Crippen LogP contribution in [0.15, 0.2) is 0 Å². The Kier molecular flexibility index (Phi) is 2.63. The van der Waals surface area contributed by atoms with E-state index >= 15 is 0 Å². The van der Waals surface area contributed by atoms with Gasteiger partial charge >= 0.3 is 0 Å². The second kappa shape index (κ2) is 3.60. The van der Waals surface area contributed by atoms with Gasteiger partial charge in [-0.15, -0.1) is 0 Å². The highest BCUT2D eigenvalue weighted by Gasteiger charge is 2.36. The summed E-state index contributed by atoms with van der Waals surface area (Å²) in [5.41, 5.74) is 0.489. The molecule has 0 bridgehead atoms. The van der Waals surface area contributed by atoms with Gasteiger partial charge in [-0.1, -0.05) is 0 Å². The second-order valence-corrected chi connectivity index (χ2v) is 4.61. The SMILES string of the molecule is [B]N1CCCC2(CCN(N)CC2)C1. The number of hydrazine groups is 1. The Morgan fingerprint density at radius 1 is 1.08 bits per heavy atom. The minimum Gasteiger partial charge on any atom is -0.353 e. The van der Waals surface area contributed by atoms with E-state index in [0.29, 0.717) is 5.41 Å². The maximum atomic E-state index is 5.86. The van der Waals surface area contributed by atoms with Crippen LogP contribution in [0.3, 0.4) is 0 Å². The Hall–Kier alpha value is -0.0551. The van der Waals surface area contributed by atoms with Crippen molar-refractivity contribution in [3.63, 3.8) is 0 Å². The number of nitrogens with zero attached hydrogens (tertiary/aromatic N) is 2. The van der Waals surface area contributed by atoms with Gasteiger partial charge in [-0.3, -0.25) is 5.84 Å². The molecule has 2 radical (unpaired) electrons. The molecule has 0 aliphatic carbocycles. The Bertz CT molecular complexity index is 178. The molecule has 2 aliphatic heterocycles. The van der Waals surface area contributed by atoms with E-state index in [1.54, 1.807) is 0 Å².